The van der Waals surface area contributed by atoms with Crippen molar-refractivity contribution in [3.8, 4) is 0 Å². The van der Waals surface area contributed by atoms with E-state index in [4.69, 9.17) is 11.6 Å². The molecule has 3 nitrogen and oxygen atoms in total. The molecule has 1 N–H and O–H groups in total. The first-order chi connectivity index (χ1) is 7.81. The standard InChI is InChI=1S/C12H14ClN3/c13-9-3-4-10-11(7-9)15-12(14-10)8-16-5-1-2-6-16/h3-4,7H,1-2,5-6,8H2,(H,14,15). The molecule has 0 radical (unpaired) electrons. The Hall–Kier alpha value is -1.06. The third kappa shape index (κ3) is 1.93. The number of rotatable bonds is 2. The van der Waals surface area contributed by atoms with E-state index in [1.807, 2.05) is 18.2 Å². The highest BCUT2D eigenvalue weighted by atomic mass is 35.5. The summed E-state index contributed by atoms with van der Waals surface area (Å²) >= 11 is 5.94. The Morgan fingerprint density at radius 2 is 2.12 bits per heavy atom. The lowest BCUT2D eigenvalue weighted by atomic mass is 10.3. The van der Waals surface area contributed by atoms with Gasteiger partial charge in [-0.15, -0.1) is 0 Å². The van der Waals surface area contributed by atoms with Crippen molar-refractivity contribution in [1.82, 2.24) is 14.9 Å². The number of aromatic amines is 1. The van der Waals surface area contributed by atoms with Gasteiger partial charge in [0.25, 0.3) is 0 Å². The van der Waals surface area contributed by atoms with Gasteiger partial charge in [-0.2, -0.15) is 0 Å². The van der Waals surface area contributed by atoms with E-state index in [0.717, 1.165) is 28.4 Å². The van der Waals surface area contributed by atoms with Gasteiger partial charge >= 0.3 is 0 Å². The highest BCUT2D eigenvalue weighted by Crippen LogP contribution is 2.18. The van der Waals surface area contributed by atoms with Crippen LogP contribution in [0.15, 0.2) is 18.2 Å². The van der Waals surface area contributed by atoms with Crippen molar-refractivity contribution in [2.75, 3.05) is 13.1 Å². The maximum absolute atomic E-state index is 5.94. The summed E-state index contributed by atoms with van der Waals surface area (Å²) in [4.78, 5) is 10.3. The van der Waals surface area contributed by atoms with Crippen molar-refractivity contribution in [3.05, 3.63) is 29.0 Å². The molecule has 2 heterocycles. The van der Waals surface area contributed by atoms with Crippen LogP contribution in [-0.4, -0.2) is 28.0 Å². The minimum Gasteiger partial charge on any atom is -0.341 e. The molecule has 84 valence electrons. The summed E-state index contributed by atoms with van der Waals surface area (Å²) in [7, 11) is 0. The van der Waals surface area contributed by atoms with Gasteiger partial charge in [0, 0.05) is 5.02 Å². The summed E-state index contributed by atoms with van der Waals surface area (Å²) in [6.45, 7) is 3.31. The van der Waals surface area contributed by atoms with Gasteiger partial charge in [-0.25, -0.2) is 4.98 Å². The number of H-pyrrole nitrogens is 1. The molecule has 0 saturated carbocycles. The lowest BCUT2D eigenvalue weighted by Crippen LogP contribution is -2.19. The van der Waals surface area contributed by atoms with Gasteiger partial charge in [-0.3, -0.25) is 4.90 Å². The molecule has 1 fully saturated rings. The number of hydrogen-bond acceptors (Lipinski definition) is 2. The molecule has 1 aliphatic heterocycles. The van der Waals surface area contributed by atoms with E-state index < -0.39 is 0 Å². The Balaban J connectivity index is 1.86. The Morgan fingerprint density at radius 1 is 1.31 bits per heavy atom. The summed E-state index contributed by atoms with van der Waals surface area (Å²) in [6.07, 6.45) is 2.62. The molecule has 0 bridgehead atoms. The van der Waals surface area contributed by atoms with E-state index in [1.165, 1.54) is 25.9 Å². The number of nitrogens with zero attached hydrogens (tertiary/aromatic N) is 2. The maximum Gasteiger partial charge on any atom is 0.121 e. The first-order valence-electron chi connectivity index (χ1n) is 5.68. The lowest BCUT2D eigenvalue weighted by molar-refractivity contribution is 0.324. The van der Waals surface area contributed by atoms with E-state index in [-0.39, 0.29) is 0 Å². The van der Waals surface area contributed by atoms with E-state index in [0.29, 0.717) is 0 Å². The first kappa shape index (κ1) is 10.1. The molecule has 0 atom stereocenters. The molecule has 1 aliphatic rings. The van der Waals surface area contributed by atoms with Crippen LogP contribution in [0.1, 0.15) is 18.7 Å². The van der Waals surface area contributed by atoms with Crippen molar-refractivity contribution in [2.45, 2.75) is 19.4 Å². The molecular weight excluding hydrogens is 222 g/mol. The highest BCUT2D eigenvalue weighted by molar-refractivity contribution is 6.31. The predicted molar refractivity (Wildman–Crippen MR) is 65.6 cm³/mol. The normalized spacial score (nSPS) is 17.3. The monoisotopic (exact) mass is 235 g/mol. The number of hydrogen-bond donors (Lipinski definition) is 1. The van der Waals surface area contributed by atoms with Gasteiger partial charge in [0.15, 0.2) is 0 Å². The van der Waals surface area contributed by atoms with Gasteiger partial charge in [0.05, 0.1) is 17.6 Å². The van der Waals surface area contributed by atoms with Crippen LogP contribution in [0.25, 0.3) is 11.0 Å². The fraction of sp³-hybridized carbons (Fsp3) is 0.417. The summed E-state index contributed by atoms with van der Waals surface area (Å²) in [5.74, 6) is 1.04. The molecular formula is C12H14ClN3. The average molecular weight is 236 g/mol. The van der Waals surface area contributed by atoms with Crippen molar-refractivity contribution in [2.24, 2.45) is 0 Å². The van der Waals surface area contributed by atoms with Gasteiger partial charge in [-0.05, 0) is 44.1 Å². The predicted octanol–water partition coefficient (Wildman–Crippen LogP) is 2.81. The molecule has 3 rings (SSSR count). The van der Waals surface area contributed by atoms with Crippen LogP contribution in [0.3, 0.4) is 0 Å². The van der Waals surface area contributed by atoms with Gasteiger partial charge in [-0.1, -0.05) is 11.6 Å². The molecule has 0 unspecified atom stereocenters. The van der Waals surface area contributed by atoms with Crippen molar-refractivity contribution >= 4 is 22.6 Å². The Kier molecular flexibility index (Phi) is 2.58. The lowest BCUT2D eigenvalue weighted by Gasteiger charge is -2.11. The van der Waals surface area contributed by atoms with Crippen LogP contribution < -0.4 is 0 Å². The third-order valence-electron chi connectivity index (χ3n) is 3.07. The zero-order valence-electron chi connectivity index (χ0n) is 9.04. The van der Waals surface area contributed by atoms with Crippen molar-refractivity contribution < 1.29 is 0 Å². The number of aromatic nitrogens is 2. The van der Waals surface area contributed by atoms with E-state index in [1.54, 1.807) is 0 Å². The second kappa shape index (κ2) is 4.07. The van der Waals surface area contributed by atoms with Crippen LogP contribution in [-0.2, 0) is 6.54 Å². The topological polar surface area (TPSA) is 31.9 Å². The molecule has 2 aromatic rings. The van der Waals surface area contributed by atoms with Gasteiger partial charge in [0.2, 0.25) is 0 Å². The average Bonchev–Trinajstić information content (AvgIpc) is 2.86. The Morgan fingerprint density at radius 3 is 2.94 bits per heavy atom. The molecule has 0 spiro atoms. The van der Waals surface area contributed by atoms with Crippen LogP contribution >= 0.6 is 11.6 Å². The van der Waals surface area contributed by atoms with E-state index in [9.17, 15) is 0 Å². The largest absolute Gasteiger partial charge is 0.341 e. The van der Waals surface area contributed by atoms with Crippen LogP contribution in [0.4, 0.5) is 0 Å². The Labute approximate surface area is 99.4 Å². The molecule has 1 aromatic heterocycles. The van der Waals surface area contributed by atoms with Gasteiger partial charge < -0.3 is 4.98 Å². The second-order valence-electron chi connectivity index (χ2n) is 4.33. The number of imidazole rings is 1. The molecule has 16 heavy (non-hydrogen) atoms. The molecule has 0 aliphatic carbocycles. The van der Waals surface area contributed by atoms with Crippen molar-refractivity contribution in [1.29, 1.82) is 0 Å². The van der Waals surface area contributed by atoms with E-state index in [2.05, 4.69) is 14.9 Å². The second-order valence-corrected chi connectivity index (χ2v) is 4.76. The minimum atomic E-state index is 0.754. The molecule has 0 amide bonds. The minimum absolute atomic E-state index is 0.754. The number of nitrogens with one attached hydrogen (secondary N) is 1. The summed E-state index contributed by atoms with van der Waals surface area (Å²) in [6, 6.07) is 5.77. The third-order valence-corrected chi connectivity index (χ3v) is 3.30. The van der Waals surface area contributed by atoms with E-state index >= 15 is 0 Å². The number of fused-ring (bicyclic) bond motifs is 1. The smallest absolute Gasteiger partial charge is 0.121 e. The summed E-state index contributed by atoms with van der Waals surface area (Å²) in [5, 5.41) is 0.754. The quantitative estimate of drug-likeness (QED) is 0.868. The summed E-state index contributed by atoms with van der Waals surface area (Å²) < 4.78 is 0. The SMILES string of the molecule is Clc1ccc2nc(CN3CCCC3)[nH]c2c1. The summed E-state index contributed by atoms with van der Waals surface area (Å²) in [5.41, 5.74) is 2.03. The zero-order chi connectivity index (χ0) is 11.0. The molecule has 1 aromatic carbocycles. The number of halogens is 1. The van der Waals surface area contributed by atoms with Gasteiger partial charge in [0.1, 0.15) is 5.82 Å². The fourth-order valence-corrected chi connectivity index (χ4v) is 2.43. The van der Waals surface area contributed by atoms with Crippen LogP contribution in [0, 0.1) is 0 Å². The Bertz CT molecular complexity index is 500. The first-order valence-corrected chi connectivity index (χ1v) is 6.05. The highest BCUT2D eigenvalue weighted by Gasteiger charge is 2.13. The number of likely N-dealkylation sites (tertiary alicyclic amines) is 1. The fourth-order valence-electron chi connectivity index (χ4n) is 2.26. The van der Waals surface area contributed by atoms with Crippen molar-refractivity contribution in [3.63, 3.8) is 0 Å². The molecule has 4 heteroatoms. The molecule has 1 saturated heterocycles. The van der Waals surface area contributed by atoms with Crippen LogP contribution in [0.2, 0.25) is 5.02 Å². The van der Waals surface area contributed by atoms with Crippen LogP contribution in [0.5, 0.6) is 0 Å². The zero-order valence-corrected chi connectivity index (χ0v) is 9.80. The maximum atomic E-state index is 5.94. The number of benzene rings is 1.